The van der Waals surface area contributed by atoms with Gasteiger partial charge < -0.3 is 9.84 Å². The number of aliphatic hydroxyl groups is 1. The van der Waals surface area contributed by atoms with Gasteiger partial charge in [0.2, 0.25) is 0 Å². The molecule has 0 saturated heterocycles. The van der Waals surface area contributed by atoms with Crippen molar-refractivity contribution in [2.75, 3.05) is 6.61 Å². The fraction of sp³-hybridized carbons (Fsp3) is 0.600. The monoisotopic (exact) mass is 281 g/mol. The molecule has 1 aromatic carbocycles. The first-order valence-corrected chi connectivity index (χ1v) is 6.97. The molecule has 112 valence electrons. The molecule has 0 bridgehead atoms. The Balaban J connectivity index is 3.19. The summed E-state index contributed by atoms with van der Waals surface area (Å²) in [5, 5.41) is 20.9. The third kappa shape index (κ3) is 3.93. The third-order valence-electron chi connectivity index (χ3n) is 3.27. The maximum absolute atomic E-state index is 11.0. The maximum atomic E-state index is 11.0. The number of nitro groups is 1. The van der Waals surface area contributed by atoms with Crippen molar-refractivity contribution in [3.63, 3.8) is 0 Å². The summed E-state index contributed by atoms with van der Waals surface area (Å²) >= 11 is 0. The summed E-state index contributed by atoms with van der Waals surface area (Å²) in [4.78, 5) is 10.6. The van der Waals surface area contributed by atoms with Crippen LogP contribution in [-0.2, 0) is 0 Å². The van der Waals surface area contributed by atoms with Gasteiger partial charge in [-0.1, -0.05) is 26.8 Å². The van der Waals surface area contributed by atoms with Gasteiger partial charge in [-0.2, -0.15) is 0 Å². The Morgan fingerprint density at radius 1 is 1.35 bits per heavy atom. The molecule has 5 nitrogen and oxygen atoms in total. The van der Waals surface area contributed by atoms with Crippen LogP contribution in [0.1, 0.15) is 45.6 Å². The van der Waals surface area contributed by atoms with Crippen LogP contribution in [0.4, 0.5) is 5.69 Å². The van der Waals surface area contributed by atoms with Gasteiger partial charge in [0, 0.05) is 12.0 Å². The first-order chi connectivity index (χ1) is 9.38. The Hall–Kier alpha value is -1.62. The van der Waals surface area contributed by atoms with E-state index in [4.69, 9.17) is 4.74 Å². The van der Waals surface area contributed by atoms with Crippen molar-refractivity contribution in [2.24, 2.45) is 5.92 Å². The normalized spacial score (nSPS) is 14.1. The summed E-state index contributed by atoms with van der Waals surface area (Å²) in [6.07, 6.45) is 0.265. The average Bonchev–Trinajstić information content (AvgIpc) is 2.35. The standard InChI is InChI=1S/C15H23NO4/c1-5-8-20-14-9-12(6-7-13(14)16(18)19)15(10(2)3)11(4)17/h6-7,9-11,15,17H,5,8H2,1-4H3. The number of aliphatic hydroxyl groups excluding tert-OH is 1. The molecule has 0 fully saturated rings. The van der Waals surface area contributed by atoms with E-state index in [1.54, 1.807) is 19.1 Å². The fourth-order valence-electron chi connectivity index (χ4n) is 2.44. The van der Waals surface area contributed by atoms with Crippen molar-refractivity contribution >= 4 is 5.69 Å². The summed E-state index contributed by atoms with van der Waals surface area (Å²) in [6, 6.07) is 4.84. The molecule has 0 saturated carbocycles. The van der Waals surface area contributed by atoms with Gasteiger partial charge in [-0.15, -0.1) is 0 Å². The average molecular weight is 281 g/mol. The van der Waals surface area contributed by atoms with Crippen LogP contribution < -0.4 is 4.74 Å². The lowest BCUT2D eigenvalue weighted by atomic mass is 9.84. The van der Waals surface area contributed by atoms with Crippen LogP contribution in [0.5, 0.6) is 5.75 Å². The van der Waals surface area contributed by atoms with Crippen LogP contribution in [0.15, 0.2) is 18.2 Å². The van der Waals surface area contributed by atoms with E-state index in [0.717, 1.165) is 12.0 Å². The molecule has 0 aromatic heterocycles. The van der Waals surface area contributed by atoms with Gasteiger partial charge in [-0.25, -0.2) is 0 Å². The lowest BCUT2D eigenvalue weighted by molar-refractivity contribution is -0.385. The summed E-state index contributed by atoms with van der Waals surface area (Å²) in [5.41, 5.74) is 0.835. The van der Waals surface area contributed by atoms with E-state index < -0.39 is 11.0 Å². The second kappa shape index (κ2) is 7.24. The van der Waals surface area contributed by atoms with Crippen molar-refractivity contribution in [2.45, 2.75) is 46.1 Å². The molecular formula is C15H23NO4. The number of ether oxygens (including phenoxy) is 1. The molecular weight excluding hydrogens is 258 g/mol. The van der Waals surface area contributed by atoms with E-state index in [0.29, 0.717) is 6.61 Å². The molecule has 1 aromatic rings. The van der Waals surface area contributed by atoms with Crippen LogP contribution in [0.2, 0.25) is 0 Å². The zero-order valence-corrected chi connectivity index (χ0v) is 12.5. The van der Waals surface area contributed by atoms with Gasteiger partial charge in [-0.3, -0.25) is 10.1 Å². The Labute approximate surface area is 119 Å². The lowest BCUT2D eigenvalue weighted by Crippen LogP contribution is -2.20. The van der Waals surface area contributed by atoms with E-state index in [-0.39, 0.29) is 23.3 Å². The van der Waals surface area contributed by atoms with Crippen molar-refractivity contribution in [1.29, 1.82) is 0 Å². The first-order valence-electron chi connectivity index (χ1n) is 6.97. The van der Waals surface area contributed by atoms with Crippen LogP contribution >= 0.6 is 0 Å². The summed E-state index contributed by atoms with van der Waals surface area (Å²) in [7, 11) is 0. The number of nitrogens with zero attached hydrogens (tertiary/aromatic N) is 1. The number of nitro benzene ring substituents is 1. The highest BCUT2D eigenvalue weighted by Gasteiger charge is 2.24. The second-order valence-electron chi connectivity index (χ2n) is 5.34. The molecule has 5 heteroatoms. The minimum Gasteiger partial charge on any atom is -0.487 e. The quantitative estimate of drug-likeness (QED) is 0.613. The molecule has 0 amide bonds. The maximum Gasteiger partial charge on any atom is 0.310 e. The van der Waals surface area contributed by atoms with Crippen molar-refractivity contribution in [1.82, 2.24) is 0 Å². The number of benzene rings is 1. The molecule has 0 spiro atoms. The Morgan fingerprint density at radius 2 is 2.00 bits per heavy atom. The minimum atomic E-state index is -0.518. The highest BCUT2D eigenvalue weighted by molar-refractivity contribution is 5.49. The van der Waals surface area contributed by atoms with Gasteiger partial charge in [0.05, 0.1) is 17.6 Å². The van der Waals surface area contributed by atoms with Crippen LogP contribution in [0.25, 0.3) is 0 Å². The van der Waals surface area contributed by atoms with E-state index in [1.165, 1.54) is 6.07 Å². The van der Waals surface area contributed by atoms with Crippen molar-refractivity contribution in [3.8, 4) is 5.75 Å². The summed E-state index contributed by atoms with van der Waals surface area (Å²) < 4.78 is 5.47. The molecule has 0 heterocycles. The van der Waals surface area contributed by atoms with Gasteiger partial charge in [-0.05, 0) is 30.9 Å². The first kappa shape index (κ1) is 16.4. The molecule has 1 N–H and O–H groups in total. The van der Waals surface area contributed by atoms with E-state index in [1.807, 2.05) is 20.8 Å². The molecule has 0 aliphatic rings. The highest BCUT2D eigenvalue weighted by Crippen LogP contribution is 2.35. The van der Waals surface area contributed by atoms with Crippen molar-refractivity contribution < 1.29 is 14.8 Å². The molecule has 2 unspecified atom stereocenters. The smallest absolute Gasteiger partial charge is 0.310 e. The number of rotatable bonds is 7. The SMILES string of the molecule is CCCOc1cc(C(C(C)C)C(C)O)ccc1[N+](=O)[O-]. The topological polar surface area (TPSA) is 72.6 Å². The number of hydrogen-bond donors (Lipinski definition) is 1. The van der Waals surface area contributed by atoms with Gasteiger partial charge in [0.25, 0.3) is 0 Å². The Morgan fingerprint density at radius 3 is 2.45 bits per heavy atom. The zero-order valence-electron chi connectivity index (χ0n) is 12.5. The fourth-order valence-corrected chi connectivity index (χ4v) is 2.44. The molecule has 1 rings (SSSR count). The molecule has 0 radical (unpaired) electrons. The molecule has 20 heavy (non-hydrogen) atoms. The van der Waals surface area contributed by atoms with E-state index >= 15 is 0 Å². The highest BCUT2D eigenvalue weighted by atomic mass is 16.6. The van der Waals surface area contributed by atoms with Gasteiger partial charge in [0.15, 0.2) is 5.75 Å². The second-order valence-corrected chi connectivity index (χ2v) is 5.34. The predicted octanol–water partition coefficient (Wildman–Crippen LogP) is 3.50. The van der Waals surface area contributed by atoms with E-state index in [2.05, 4.69) is 0 Å². The Kier molecular flexibility index (Phi) is 5.95. The minimum absolute atomic E-state index is 0.0321. The zero-order chi connectivity index (χ0) is 15.3. The number of hydrogen-bond acceptors (Lipinski definition) is 4. The molecule has 2 atom stereocenters. The van der Waals surface area contributed by atoms with Crippen molar-refractivity contribution in [3.05, 3.63) is 33.9 Å². The van der Waals surface area contributed by atoms with Gasteiger partial charge in [0.1, 0.15) is 0 Å². The lowest BCUT2D eigenvalue weighted by Gasteiger charge is -2.24. The molecule has 0 aliphatic heterocycles. The van der Waals surface area contributed by atoms with Crippen LogP contribution in [-0.4, -0.2) is 22.7 Å². The summed E-state index contributed by atoms with van der Waals surface area (Å²) in [6.45, 7) is 8.16. The largest absolute Gasteiger partial charge is 0.487 e. The van der Waals surface area contributed by atoms with Crippen LogP contribution in [0, 0.1) is 16.0 Å². The predicted molar refractivity (Wildman–Crippen MR) is 78.1 cm³/mol. The van der Waals surface area contributed by atoms with E-state index in [9.17, 15) is 15.2 Å². The van der Waals surface area contributed by atoms with Crippen LogP contribution in [0.3, 0.4) is 0 Å². The third-order valence-corrected chi connectivity index (χ3v) is 3.27. The Bertz CT molecular complexity index is 449. The molecule has 0 aliphatic carbocycles. The van der Waals surface area contributed by atoms with Gasteiger partial charge >= 0.3 is 5.69 Å². The summed E-state index contributed by atoms with van der Waals surface area (Å²) in [5.74, 6) is 0.441.